The minimum atomic E-state index is 0.833. The van der Waals surface area contributed by atoms with Gasteiger partial charge in [-0.2, -0.15) is 5.10 Å². The van der Waals surface area contributed by atoms with Crippen molar-refractivity contribution in [2.75, 3.05) is 0 Å². The standard InChI is InChI=1S/C4H10.C2H3N3/c1-4(2)3;1-3-2-5-4-1/h4H,1-3H3;1-2H,(H,3,4,5). The molecule has 0 aliphatic rings. The Morgan fingerprint density at radius 3 is 2.00 bits per heavy atom. The van der Waals surface area contributed by atoms with Crippen LogP contribution in [0.1, 0.15) is 20.8 Å². The lowest BCUT2D eigenvalue weighted by Gasteiger charge is -1.79. The number of hydrogen-bond acceptors (Lipinski definition) is 2. The Kier molecular flexibility index (Phi) is 4.78. The number of rotatable bonds is 0. The van der Waals surface area contributed by atoms with Crippen molar-refractivity contribution in [2.45, 2.75) is 20.8 Å². The maximum Gasteiger partial charge on any atom is 0.137 e. The van der Waals surface area contributed by atoms with E-state index in [9.17, 15) is 0 Å². The molecule has 0 saturated carbocycles. The zero-order valence-electron chi connectivity index (χ0n) is 6.13. The molecule has 0 spiro atoms. The number of nitrogens with zero attached hydrogens (tertiary/aromatic N) is 2. The van der Waals surface area contributed by atoms with Gasteiger partial charge >= 0.3 is 0 Å². The van der Waals surface area contributed by atoms with Gasteiger partial charge in [0.2, 0.25) is 0 Å². The van der Waals surface area contributed by atoms with E-state index in [1.807, 2.05) is 0 Å². The molecule has 3 heteroatoms. The number of hydrogen-bond donors (Lipinski definition) is 1. The molecule has 9 heavy (non-hydrogen) atoms. The number of nitrogens with one attached hydrogen (secondary N) is 1. The molecule has 0 atom stereocenters. The molecule has 0 aliphatic carbocycles. The molecule has 0 aromatic carbocycles. The lowest BCUT2D eigenvalue weighted by molar-refractivity contribution is 0.737. The van der Waals surface area contributed by atoms with E-state index in [1.165, 1.54) is 12.7 Å². The normalized spacial score (nSPS) is 8.44. The van der Waals surface area contributed by atoms with Crippen LogP contribution >= 0.6 is 0 Å². The Morgan fingerprint density at radius 1 is 1.33 bits per heavy atom. The highest BCUT2D eigenvalue weighted by atomic mass is 15.2. The zero-order chi connectivity index (χ0) is 7.11. The van der Waals surface area contributed by atoms with Gasteiger partial charge in [-0.25, -0.2) is 4.98 Å². The molecule has 1 rings (SSSR count). The largest absolute Gasteiger partial charge is 0.266 e. The summed E-state index contributed by atoms with van der Waals surface area (Å²) in [5.74, 6) is 0.833. The van der Waals surface area contributed by atoms with E-state index in [1.54, 1.807) is 0 Å². The first-order chi connectivity index (χ1) is 4.23. The molecule has 1 aromatic rings. The van der Waals surface area contributed by atoms with Crippen LogP contribution in [0, 0.1) is 5.92 Å². The number of H-pyrrole nitrogens is 1. The van der Waals surface area contributed by atoms with Crippen LogP contribution in [0.15, 0.2) is 12.7 Å². The lowest BCUT2D eigenvalue weighted by Crippen LogP contribution is -1.66. The predicted octanol–water partition coefficient (Wildman–Crippen LogP) is 1.47. The third-order valence-corrected chi connectivity index (χ3v) is 0.331. The van der Waals surface area contributed by atoms with Crippen molar-refractivity contribution in [3.63, 3.8) is 0 Å². The molecule has 0 bridgehead atoms. The lowest BCUT2D eigenvalue weighted by atomic mass is 10.3. The van der Waals surface area contributed by atoms with Gasteiger partial charge in [-0.3, -0.25) is 5.10 Å². The minimum Gasteiger partial charge on any atom is -0.266 e. The minimum absolute atomic E-state index is 0.833. The summed E-state index contributed by atoms with van der Waals surface area (Å²) in [7, 11) is 0. The number of aromatic nitrogens is 3. The molecular formula is C6H13N3. The summed E-state index contributed by atoms with van der Waals surface area (Å²) >= 11 is 0. The van der Waals surface area contributed by atoms with Crippen LogP contribution in [0.5, 0.6) is 0 Å². The van der Waals surface area contributed by atoms with Gasteiger partial charge in [0.25, 0.3) is 0 Å². The summed E-state index contributed by atoms with van der Waals surface area (Å²) in [5.41, 5.74) is 0. The highest BCUT2D eigenvalue weighted by Crippen LogP contribution is 1.81. The van der Waals surface area contributed by atoms with Crippen molar-refractivity contribution in [3.05, 3.63) is 12.7 Å². The van der Waals surface area contributed by atoms with E-state index >= 15 is 0 Å². The van der Waals surface area contributed by atoms with Gasteiger partial charge in [-0.15, -0.1) is 0 Å². The Labute approximate surface area is 55.5 Å². The quantitative estimate of drug-likeness (QED) is 0.573. The van der Waals surface area contributed by atoms with Crippen molar-refractivity contribution in [2.24, 2.45) is 5.92 Å². The van der Waals surface area contributed by atoms with Crippen LogP contribution in [0.4, 0.5) is 0 Å². The van der Waals surface area contributed by atoms with Gasteiger partial charge in [0.15, 0.2) is 0 Å². The Bertz CT molecular complexity index is 91.9. The zero-order valence-corrected chi connectivity index (χ0v) is 6.13. The summed E-state index contributed by atoms with van der Waals surface area (Å²) < 4.78 is 0. The van der Waals surface area contributed by atoms with Crippen LogP contribution in [-0.2, 0) is 0 Å². The van der Waals surface area contributed by atoms with Gasteiger partial charge in [0, 0.05) is 0 Å². The Hall–Kier alpha value is -0.860. The van der Waals surface area contributed by atoms with Crippen molar-refractivity contribution in [1.82, 2.24) is 15.2 Å². The first-order valence-corrected chi connectivity index (χ1v) is 3.02. The van der Waals surface area contributed by atoms with Crippen LogP contribution in [-0.4, -0.2) is 15.2 Å². The van der Waals surface area contributed by atoms with Crippen molar-refractivity contribution < 1.29 is 0 Å². The molecule has 1 heterocycles. The van der Waals surface area contributed by atoms with Crippen molar-refractivity contribution in [3.8, 4) is 0 Å². The van der Waals surface area contributed by atoms with E-state index < -0.39 is 0 Å². The van der Waals surface area contributed by atoms with Gasteiger partial charge in [-0.1, -0.05) is 20.8 Å². The van der Waals surface area contributed by atoms with E-state index in [0.717, 1.165) is 5.92 Å². The molecular weight excluding hydrogens is 114 g/mol. The van der Waals surface area contributed by atoms with E-state index in [4.69, 9.17) is 0 Å². The average Bonchev–Trinajstić information content (AvgIpc) is 2.11. The third kappa shape index (κ3) is 11.0. The maximum absolute atomic E-state index is 3.56. The van der Waals surface area contributed by atoms with Crippen molar-refractivity contribution in [1.29, 1.82) is 0 Å². The van der Waals surface area contributed by atoms with Crippen LogP contribution in [0.25, 0.3) is 0 Å². The predicted molar refractivity (Wildman–Crippen MR) is 36.9 cm³/mol. The summed E-state index contributed by atoms with van der Waals surface area (Å²) in [6, 6.07) is 0. The van der Waals surface area contributed by atoms with Crippen LogP contribution in [0.2, 0.25) is 0 Å². The first kappa shape index (κ1) is 8.14. The molecule has 3 nitrogen and oxygen atoms in total. The third-order valence-electron chi connectivity index (χ3n) is 0.331. The fourth-order valence-corrected chi connectivity index (χ4v) is 0.167. The topological polar surface area (TPSA) is 41.6 Å². The first-order valence-electron chi connectivity index (χ1n) is 3.02. The van der Waals surface area contributed by atoms with E-state index in [2.05, 4.69) is 36.0 Å². The molecule has 0 saturated heterocycles. The Balaban J connectivity index is 0.000000148. The van der Waals surface area contributed by atoms with Crippen molar-refractivity contribution >= 4 is 0 Å². The summed E-state index contributed by atoms with van der Waals surface area (Å²) in [6.45, 7) is 6.50. The highest BCUT2D eigenvalue weighted by molar-refractivity contribution is 4.43. The summed E-state index contributed by atoms with van der Waals surface area (Å²) in [5, 5.41) is 5.99. The summed E-state index contributed by atoms with van der Waals surface area (Å²) in [6.07, 6.45) is 2.96. The van der Waals surface area contributed by atoms with Crippen LogP contribution < -0.4 is 0 Å². The average molecular weight is 127 g/mol. The molecule has 0 fully saturated rings. The van der Waals surface area contributed by atoms with Gasteiger partial charge in [0.1, 0.15) is 12.7 Å². The van der Waals surface area contributed by atoms with E-state index in [0.29, 0.717) is 0 Å². The molecule has 0 amide bonds. The Morgan fingerprint density at radius 2 is 1.89 bits per heavy atom. The smallest absolute Gasteiger partial charge is 0.137 e. The molecule has 1 aromatic heterocycles. The SMILES string of the molecule is CC(C)C.c1nc[nH]n1. The van der Waals surface area contributed by atoms with Crippen LogP contribution in [0.3, 0.4) is 0 Å². The monoisotopic (exact) mass is 127 g/mol. The van der Waals surface area contributed by atoms with Gasteiger partial charge in [0.05, 0.1) is 0 Å². The highest BCUT2D eigenvalue weighted by Gasteiger charge is 1.68. The second-order valence-corrected chi connectivity index (χ2v) is 2.38. The molecule has 0 aliphatic heterocycles. The van der Waals surface area contributed by atoms with E-state index in [-0.39, 0.29) is 0 Å². The molecule has 52 valence electrons. The number of aromatic amines is 1. The fraction of sp³-hybridized carbons (Fsp3) is 0.667. The van der Waals surface area contributed by atoms with Gasteiger partial charge < -0.3 is 0 Å². The van der Waals surface area contributed by atoms with Gasteiger partial charge in [-0.05, 0) is 5.92 Å². The second kappa shape index (κ2) is 5.28. The molecule has 1 N–H and O–H groups in total. The summed E-state index contributed by atoms with van der Waals surface area (Å²) in [4.78, 5) is 3.56. The fourth-order valence-electron chi connectivity index (χ4n) is 0.167. The molecule has 0 unspecified atom stereocenters. The maximum atomic E-state index is 3.56. The molecule has 0 radical (unpaired) electrons. The second-order valence-electron chi connectivity index (χ2n) is 2.38.